The highest BCUT2D eigenvalue weighted by Crippen LogP contribution is 2.14. The molecule has 20 heavy (non-hydrogen) atoms. The van der Waals surface area contributed by atoms with Crippen molar-refractivity contribution in [3.05, 3.63) is 35.9 Å². The molecule has 5 nitrogen and oxygen atoms in total. The fourth-order valence-electron chi connectivity index (χ4n) is 2.51. The first-order chi connectivity index (χ1) is 9.83. The van der Waals surface area contributed by atoms with Crippen LogP contribution in [-0.2, 0) is 16.1 Å². The highest BCUT2D eigenvalue weighted by molar-refractivity contribution is 5.67. The zero-order chi connectivity index (χ0) is 13.8. The maximum atomic E-state index is 12.0. The van der Waals surface area contributed by atoms with Gasteiger partial charge in [0, 0.05) is 26.2 Å². The summed E-state index contributed by atoms with van der Waals surface area (Å²) < 4.78 is 10.6. The lowest BCUT2D eigenvalue weighted by Crippen LogP contribution is -2.57. The molecule has 0 atom stereocenters. The van der Waals surface area contributed by atoms with Gasteiger partial charge in [-0.1, -0.05) is 30.3 Å². The number of nitrogens with zero attached hydrogens (tertiary/aromatic N) is 2. The second-order valence-corrected chi connectivity index (χ2v) is 5.25. The summed E-state index contributed by atoms with van der Waals surface area (Å²) in [5, 5.41) is 0. The average molecular weight is 276 g/mol. The lowest BCUT2D eigenvalue weighted by Gasteiger charge is -2.42. The molecule has 0 saturated carbocycles. The SMILES string of the molecule is O=C(OCc1ccccc1)N1CCN(C2COC2)CC1. The maximum absolute atomic E-state index is 12.0. The molecule has 2 aliphatic heterocycles. The van der Waals surface area contributed by atoms with E-state index in [1.807, 2.05) is 30.3 Å². The Morgan fingerprint density at radius 2 is 1.85 bits per heavy atom. The summed E-state index contributed by atoms with van der Waals surface area (Å²) in [6.07, 6.45) is -0.210. The monoisotopic (exact) mass is 276 g/mol. The van der Waals surface area contributed by atoms with Crippen LogP contribution in [0.2, 0.25) is 0 Å². The molecule has 0 unspecified atom stereocenters. The Balaban J connectivity index is 1.42. The molecule has 0 bridgehead atoms. The molecule has 0 spiro atoms. The van der Waals surface area contributed by atoms with Gasteiger partial charge >= 0.3 is 6.09 Å². The van der Waals surface area contributed by atoms with E-state index in [2.05, 4.69) is 4.90 Å². The van der Waals surface area contributed by atoms with Crippen molar-refractivity contribution >= 4 is 6.09 Å². The molecule has 0 aliphatic carbocycles. The smallest absolute Gasteiger partial charge is 0.410 e. The Hall–Kier alpha value is -1.59. The summed E-state index contributed by atoms with van der Waals surface area (Å²) in [5.41, 5.74) is 1.02. The van der Waals surface area contributed by atoms with Crippen LogP contribution in [0.3, 0.4) is 0 Å². The van der Waals surface area contributed by atoms with Gasteiger partial charge < -0.3 is 14.4 Å². The second kappa shape index (κ2) is 6.24. The lowest BCUT2D eigenvalue weighted by atomic mass is 10.2. The first-order valence-electron chi connectivity index (χ1n) is 7.10. The van der Waals surface area contributed by atoms with E-state index >= 15 is 0 Å². The van der Waals surface area contributed by atoms with Gasteiger partial charge in [-0.15, -0.1) is 0 Å². The number of hydrogen-bond acceptors (Lipinski definition) is 4. The van der Waals surface area contributed by atoms with Crippen LogP contribution in [-0.4, -0.2) is 61.3 Å². The second-order valence-electron chi connectivity index (χ2n) is 5.25. The van der Waals surface area contributed by atoms with E-state index in [-0.39, 0.29) is 6.09 Å². The van der Waals surface area contributed by atoms with Crippen LogP contribution in [0, 0.1) is 0 Å². The van der Waals surface area contributed by atoms with Crippen molar-refractivity contribution < 1.29 is 14.3 Å². The van der Waals surface area contributed by atoms with Crippen molar-refractivity contribution in [2.75, 3.05) is 39.4 Å². The topological polar surface area (TPSA) is 42.0 Å². The summed E-state index contributed by atoms with van der Waals surface area (Å²) in [6, 6.07) is 10.3. The number of hydrogen-bond donors (Lipinski definition) is 0. The number of piperazine rings is 1. The average Bonchev–Trinajstić information content (AvgIpc) is 2.45. The van der Waals surface area contributed by atoms with Crippen molar-refractivity contribution in [1.29, 1.82) is 0 Å². The van der Waals surface area contributed by atoms with Crippen molar-refractivity contribution in [2.24, 2.45) is 0 Å². The molecular weight excluding hydrogens is 256 g/mol. The van der Waals surface area contributed by atoms with E-state index in [0.29, 0.717) is 12.6 Å². The molecule has 2 saturated heterocycles. The highest BCUT2D eigenvalue weighted by Gasteiger charge is 2.30. The van der Waals surface area contributed by atoms with Gasteiger partial charge in [-0.25, -0.2) is 4.79 Å². The first-order valence-corrected chi connectivity index (χ1v) is 7.10. The van der Waals surface area contributed by atoms with Gasteiger partial charge in [0.2, 0.25) is 0 Å². The van der Waals surface area contributed by atoms with Crippen LogP contribution in [0.15, 0.2) is 30.3 Å². The Morgan fingerprint density at radius 3 is 2.45 bits per heavy atom. The third-order valence-corrected chi connectivity index (χ3v) is 3.91. The number of carbonyl (C=O) groups excluding carboxylic acids is 1. The molecule has 0 aromatic heterocycles. The molecule has 2 aliphatic rings. The van der Waals surface area contributed by atoms with E-state index in [4.69, 9.17) is 9.47 Å². The molecule has 2 fully saturated rings. The zero-order valence-corrected chi connectivity index (χ0v) is 11.5. The van der Waals surface area contributed by atoms with Gasteiger partial charge in [0.25, 0.3) is 0 Å². The van der Waals surface area contributed by atoms with Gasteiger partial charge in [-0.3, -0.25) is 4.90 Å². The van der Waals surface area contributed by atoms with Crippen molar-refractivity contribution in [3.8, 4) is 0 Å². The van der Waals surface area contributed by atoms with E-state index in [9.17, 15) is 4.79 Å². The predicted octanol–water partition coefficient (Wildman–Crippen LogP) is 1.34. The van der Waals surface area contributed by atoms with Gasteiger partial charge in [-0.05, 0) is 5.56 Å². The Labute approximate surface area is 119 Å². The molecule has 0 N–H and O–H groups in total. The van der Waals surface area contributed by atoms with Crippen molar-refractivity contribution in [1.82, 2.24) is 9.80 Å². The fraction of sp³-hybridized carbons (Fsp3) is 0.533. The van der Waals surface area contributed by atoms with E-state index in [1.54, 1.807) is 4.90 Å². The van der Waals surface area contributed by atoms with E-state index in [1.165, 1.54) is 0 Å². The van der Waals surface area contributed by atoms with Gasteiger partial charge in [-0.2, -0.15) is 0 Å². The number of amides is 1. The number of carbonyl (C=O) groups is 1. The predicted molar refractivity (Wildman–Crippen MR) is 74.4 cm³/mol. The number of benzene rings is 1. The van der Waals surface area contributed by atoms with Crippen molar-refractivity contribution in [2.45, 2.75) is 12.6 Å². The first kappa shape index (κ1) is 13.4. The van der Waals surface area contributed by atoms with Gasteiger partial charge in [0.05, 0.1) is 19.3 Å². The van der Waals surface area contributed by atoms with Crippen LogP contribution in [0.1, 0.15) is 5.56 Å². The molecule has 5 heteroatoms. The molecule has 108 valence electrons. The van der Waals surface area contributed by atoms with Crippen LogP contribution >= 0.6 is 0 Å². The summed E-state index contributed by atoms with van der Waals surface area (Å²) in [7, 11) is 0. The number of ether oxygens (including phenoxy) is 2. The summed E-state index contributed by atoms with van der Waals surface area (Å²) in [6.45, 7) is 5.31. The molecular formula is C15H20N2O3. The molecule has 3 rings (SSSR count). The third-order valence-electron chi connectivity index (χ3n) is 3.91. The van der Waals surface area contributed by atoms with Crippen molar-refractivity contribution in [3.63, 3.8) is 0 Å². The Morgan fingerprint density at radius 1 is 1.15 bits per heavy atom. The summed E-state index contributed by atoms with van der Waals surface area (Å²) >= 11 is 0. The minimum absolute atomic E-state index is 0.210. The Bertz CT molecular complexity index is 440. The number of rotatable bonds is 3. The van der Waals surface area contributed by atoms with Crippen LogP contribution < -0.4 is 0 Å². The normalized spacial score (nSPS) is 20.5. The molecule has 1 aromatic rings. The van der Waals surface area contributed by atoms with Crippen LogP contribution in [0.4, 0.5) is 4.79 Å². The molecule has 1 amide bonds. The largest absolute Gasteiger partial charge is 0.445 e. The maximum Gasteiger partial charge on any atom is 0.410 e. The minimum atomic E-state index is -0.210. The quantitative estimate of drug-likeness (QED) is 0.835. The zero-order valence-electron chi connectivity index (χ0n) is 11.5. The molecule has 2 heterocycles. The lowest BCUT2D eigenvalue weighted by molar-refractivity contribution is -0.0758. The summed E-state index contributed by atoms with van der Waals surface area (Å²) in [5.74, 6) is 0. The minimum Gasteiger partial charge on any atom is -0.445 e. The molecule has 1 aromatic carbocycles. The van der Waals surface area contributed by atoms with Gasteiger partial charge in [0.1, 0.15) is 6.61 Å². The van der Waals surface area contributed by atoms with Gasteiger partial charge in [0.15, 0.2) is 0 Å². The fourth-order valence-corrected chi connectivity index (χ4v) is 2.51. The standard InChI is InChI=1S/C15H20N2O3/c18-15(20-10-13-4-2-1-3-5-13)17-8-6-16(7-9-17)14-11-19-12-14/h1-5,14H,6-12H2. The Kier molecular flexibility index (Phi) is 4.18. The highest BCUT2D eigenvalue weighted by atomic mass is 16.6. The van der Waals surface area contributed by atoms with E-state index in [0.717, 1.165) is 45.0 Å². The van der Waals surface area contributed by atoms with Crippen LogP contribution in [0.5, 0.6) is 0 Å². The third kappa shape index (κ3) is 3.11. The molecule has 0 radical (unpaired) electrons. The summed E-state index contributed by atoms with van der Waals surface area (Å²) in [4.78, 5) is 16.2. The van der Waals surface area contributed by atoms with E-state index < -0.39 is 0 Å². The van der Waals surface area contributed by atoms with Crippen LogP contribution in [0.25, 0.3) is 0 Å².